The maximum atomic E-state index is 11.0. The zero-order valence-electron chi connectivity index (χ0n) is 14.0. The molecular formula is C18H20Cl2N2O2S. The molecule has 0 unspecified atom stereocenters. The molecule has 1 aromatic heterocycles. The number of carbonyl (C=O) groups is 1. The van der Waals surface area contributed by atoms with Crippen LogP contribution in [0.15, 0.2) is 18.2 Å². The fourth-order valence-electron chi connectivity index (χ4n) is 3.25. The molecule has 1 aromatic carbocycles. The number of carboxylic acids is 1. The van der Waals surface area contributed by atoms with Crippen molar-refractivity contribution in [2.24, 2.45) is 0 Å². The van der Waals surface area contributed by atoms with Gasteiger partial charge >= 0.3 is 5.97 Å². The van der Waals surface area contributed by atoms with E-state index in [-0.39, 0.29) is 6.42 Å². The molecule has 3 rings (SSSR count). The van der Waals surface area contributed by atoms with Gasteiger partial charge in [-0.1, -0.05) is 53.4 Å². The molecule has 1 heterocycles. The maximum Gasteiger partial charge on any atom is 0.305 e. The van der Waals surface area contributed by atoms with Gasteiger partial charge < -0.3 is 10.0 Å². The molecule has 1 saturated carbocycles. The summed E-state index contributed by atoms with van der Waals surface area (Å²) in [7, 11) is 0. The Balaban J connectivity index is 1.91. The van der Waals surface area contributed by atoms with E-state index in [2.05, 4.69) is 4.90 Å². The van der Waals surface area contributed by atoms with Crippen LogP contribution < -0.4 is 4.90 Å². The number of aryl methyl sites for hydroxylation is 1. The van der Waals surface area contributed by atoms with Crippen LogP contribution in [-0.2, 0) is 4.79 Å². The summed E-state index contributed by atoms with van der Waals surface area (Å²) in [5.41, 5.74) is 2.64. The van der Waals surface area contributed by atoms with Crippen molar-refractivity contribution in [2.75, 3.05) is 11.4 Å². The second-order valence-corrected chi connectivity index (χ2v) is 8.34. The van der Waals surface area contributed by atoms with Crippen LogP contribution in [0.1, 0.15) is 37.7 Å². The van der Waals surface area contributed by atoms with E-state index in [1.165, 1.54) is 24.2 Å². The summed E-state index contributed by atoms with van der Waals surface area (Å²) in [4.78, 5) is 17.9. The van der Waals surface area contributed by atoms with E-state index >= 15 is 0 Å². The summed E-state index contributed by atoms with van der Waals surface area (Å²) in [6.07, 6.45) is 4.61. The fraction of sp³-hybridized carbons (Fsp3) is 0.444. The molecule has 1 aliphatic carbocycles. The molecule has 134 valence electrons. The monoisotopic (exact) mass is 398 g/mol. The van der Waals surface area contributed by atoms with Crippen LogP contribution in [0.25, 0.3) is 11.3 Å². The Kier molecular flexibility index (Phi) is 5.87. The standard InChI is InChI=1S/C18H20Cl2N2O2S/c1-11-10-12(6-7-14(11)19)16-17(20)25-18(21-16)22(9-8-15(23)24)13-4-2-3-5-13/h6-7,10,13H,2-5,8-9H2,1H3,(H,23,24). The molecular weight excluding hydrogens is 379 g/mol. The zero-order valence-corrected chi connectivity index (χ0v) is 16.3. The summed E-state index contributed by atoms with van der Waals surface area (Å²) in [5.74, 6) is -0.792. The van der Waals surface area contributed by atoms with E-state index in [4.69, 9.17) is 33.3 Å². The molecule has 2 aromatic rings. The van der Waals surface area contributed by atoms with Crippen molar-refractivity contribution in [1.29, 1.82) is 0 Å². The van der Waals surface area contributed by atoms with Crippen LogP contribution in [-0.4, -0.2) is 28.6 Å². The van der Waals surface area contributed by atoms with Gasteiger partial charge in [0.2, 0.25) is 0 Å². The Morgan fingerprint density at radius 1 is 1.36 bits per heavy atom. The summed E-state index contributed by atoms with van der Waals surface area (Å²) in [6.45, 7) is 2.41. The minimum absolute atomic E-state index is 0.100. The minimum Gasteiger partial charge on any atom is -0.481 e. The number of thiazole rings is 1. The van der Waals surface area contributed by atoms with Crippen molar-refractivity contribution in [3.05, 3.63) is 33.1 Å². The van der Waals surface area contributed by atoms with Crippen molar-refractivity contribution in [2.45, 2.75) is 45.1 Å². The Labute approximate surface area is 161 Å². The number of hydrogen-bond donors (Lipinski definition) is 1. The Hall–Kier alpha value is -1.30. The van der Waals surface area contributed by atoms with Crippen molar-refractivity contribution in [1.82, 2.24) is 4.98 Å². The first-order chi connectivity index (χ1) is 12.0. The number of aliphatic carboxylic acids is 1. The number of halogens is 2. The fourth-order valence-corrected chi connectivity index (χ4v) is 4.64. The first-order valence-electron chi connectivity index (χ1n) is 8.37. The minimum atomic E-state index is -0.792. The lowest BCUT2D eigenvalue weighted by molar-refractivity contribution is -0.136. The van der Waals surface area contributed by atoms with Gasteiger partial charge in [-0.2, -0.15) is 0 Å². The molecule has 4 nitrogen and oxygen atoms in total. The average Bonchev–Trinajstić information content (AvgIpc) is 3.20. The van der Waals surface area contributed by atoms with Crippen LogP contribution in [0.2, 0.25) is 9.36 Å². The first-order valence-corrected chi connectivity index (χ1v) is 9.94. The predicted molar refractivity (Wildman–Crippen MR) is 104 cm³/mol. The van der Waals surface area contributed by atoms with Gasteiger partial charge in [-0.3, -0.25) is 4.79 Å². The van der Waals surface area contributed by atoms with E-state index in [0.717, 1.165) is 34.8 Å². The summed E-state index contributed by atoms with van der Waals surface area (Å²) in [6, 6.07) is 6.09. The Morgan fingerprint density at radius 2 is 2.08 bits per heavy atom. The summed E-state index contributed by atoms with van der Waals surface area (Å²) >= 11 is 14.0. The second-order valence-electron chi connectivity index (χ2n) is 6.36. The van der Waals surface area contributed by atoms with Crippen LogP contribution in [0.5, 0.6) is 0 Å². The number of aromatic nitrogens is 1. The number of hydrogen-bond acceptors (Lipinski definition) is 4. The van der Waals surface area contributed by atoms with Crippen LogP contribution in [0, 0.1) is 6.92 Å². The molecule has 0 amide bonds. The van der Waals surface area contributed by atoms with Gasteiger partial charge in [-0.25, -0.2) is 4.98 Å². The van der Waals surface area contributed by atoms with Crippen LogP contribution >= 0.6 is 34.5 Å². The first kappa shape index (κ1) is 18.5. The van der Waals surface area contributed by atoms with Gasteiger partial charge in [-0.05, 0) is 37.5 Å². The van der Waals surface area contributed by atoms with E-state index in [0.29, 0.717) is 21.9 Å². The second kappa shape index (κ2) is 7.94. The van der Waals surface area contributed by atoms with Gasteiger partial charge in [0.1, 0.15) is 10.0 Å². The molecule has 25 heavy (non-hydrogen) atoms. The highest BCUT2D eigenvalue weighted by Crippen LogP contribution is 2.40. The van der Waals surface area contributed by atoms with E-state index in [1.54, 1.807) is 0 Å². The van der Waals surface area contributed by atoms with Crippen LogP contribution in [0.4, 0.5) is 5.13 Å². The third-order valence-corrected chi connectivity index (χ3v) is 6.30. The Morgan fingerprint density at radius 3 is 2.72 bits per heavy atom. The lowest BCUT2D eigenvalue weighted by Gasteiger charge is -2.27. The lowest BCUT2D eigenvalue weighted by Crippen LogP contribution is -2.35. The SMILES string of the molecule is Cc1cc(-c2nc(N(CCC(=O)O)C3CCCC3)sc2Cl)ccc1Cl. The molecule has 7 heteroatoms. The van der Waals surface area contributed by atoms with E-state index in [9.17, 15) is 4.79 Å². The largest absolute Gasteiger partial charge is 0.481 e. The van der Waals surface area contributed by atoms with Crippen molar-refractivity contribution >= 4 is 45.6 Å². The maximum absolute atomic E-state index is 11.0. The molecule has 0 saturated heterocycles. The molecule has 0 atom stereocenters. The topological polar surface area (TPSA) is 53.4 Å². The van der Waals surface area contributed by atoms with Crippen LogP contribution in [0.3, 0.4) is 0 Å². The van der Waals surface area contributed by atoms with Gasteiger partial charge in [0, 0.05) is 23.2 Å². The van der Waals surface area contributed by atoms with Gasteiger partial charge in [-0.15, -0.1) is 0 Å². The quantitative estimate of drug-likeness (QED) is 0.682. The number of carboxylic acid groups (broad SMARTS) is 1. The van der Waals surface area contributed by atoms with Crippen molar-refractivity contribution in [3.8, 4) is 11.3 Å². The third kappa shape index (κ3) is 4.27. The van der Waals surface area contributed by atoms with Crippen molar-refractivity contribution in [3.63, 3.8) is 0 Å². The summed E-state index contributed by atoms with van der Waals surface area (Å²) in [5, 5.41) is 10.6. The number of nitrogens with zero attached hydrogens (tertiary/aromatic N) is 2. The lowest BCUT2D eigenvalue weighted by atomic mass is 10.1. The zero-order chi connectivity index (χ0) is 18.0. The van der Waals surface area contributed by atoms with Gasteiger partial charge in [0.05, 0.1) is 6.42 Å². The average molecular weight is 399 g/mol. The number of rotatable bonds is 6. The highest BCUT2D eigenvalue weighted by Gasteiger charge is 2.26. The van der Waals surface area contributed by atoms with E-state index < -0.39 is 5.97 Å². The highest BCUT2D eigenvalue weighted by molar-refractivity contribution is 7.20. The molecule has 1 fully saturated rings. The molecule has 0 spiro atoms. The molecule has 0 bridgehead atoms. The molecule has 0 aliphatic heterocycles. The van der Waals surface area contributed by atoms with Crippen molar-refractivity contribution < 1.29 is 9.90 Å². The Bertz CT molecular complexity index is 772. The third-order valence-electron chi connectivity index (χ3n) is 4.58. The smallest absolute Gasteiger partial charge is 0.305 e. The normalized spacial score (nSPS) is 14.8. The highest BCUT2D eigenvalue weighted by atomic mass is 35.5. The van der Waals surface area contributed by atoms with E-state index in [1.807, 2.05) is 25.1 Å². The summed E-state index contributed by atoms with van der Waals surface area (Å²) < 4.78 is 0.620. The molecule has 1 aliphatic rings. The van der Waals surface area contributed by atoms with Gasteiger partial charge in [0.15, 0.2) is 5.13 Å². The number of benzene rings is 1. The predicted octanol–water partition coefficient (Wildman–Crippen LogP) is 5.65. The molecule has 1 N–H and O–H groups in total. The number of anilines is 1. The molecule has 0 radical (unpaired) electrons. The van der Waals surface area contributed by atoms with Gasteiger partial charge in [0.25, 0.3) is 0 Å².